The summed E-state index contributed by atoms with van der Waals surface area (Å²) >= 11 is 6.82. The van der Waals surface area contributed by atoms with E-state index in [0.29, 0.717) is 26.9 Å². The van der Waals surface area contributed by atoms with E-state index in [1.807, 2.05) is 0 Å². The molecular weight excluding hydrogens is 460 g/mol. The molecule has 0 aliphatic rings. The van der Waals surface area contributed by atoms with Gasteiger partial charge in [0.1, 0.15) is 0 Å². The molecular formula is C16H24Br2O5Si. The maximum Gasteiger partial charge on any atom is 0.335 e. The molecule has 1 aromatic rings. The van der Waals surface area contributed by atoms with Gasteiger partial charge in [0, 0.05) is 21.1 Å². The zero-order valence-corrected chi connectivity index (χ0v) is 18.5. The molecule has 136 valence electrons. The Morgan fingerprint density at radius 2 is 1.79 bits per heavy atom. The smallest absolute Gasteiger partial charge is 0.335 e. The molecule has 0 heterocycles. The number of carboxylic acids is 1. The van der Waals surface area contributed by atoms with E-state index in [9.17, 15) is 9.90 Å². The molecule has 0 saturated carbocycles. The van der Waals surface area contributed by atoms with E-state index < -0.39 is 19.6 Å². The Labute approximate surface area is 160 Å². The van der Waals surface area contributed by atoms with Crippen molar-refractivity contribution in [2.45, 2.75) is 44.6 Å². The van der Waals surface area contributed by atoms with Crippen LogP contribution in [0.1, 0.15) is 12.5 Å². The first-order chi connectivity index (χ1) is 10.9. The number of carbonyl (C=O) groups is 1. The van der Waals surface area contributed by atoms with Crippen LogP contribution in [0.5, 0.6) is 5.75 Å². The molecule has 24 heavy (non-hydrogen) atoms. The Kier molecular flexibility index (Phi) is 7.93. The molecule has 1 atom stereocenters. The topological polar surface area (TPSA) is 76.0 Å². The molecule has 5 nitrogen and oxygen atoms in total. The lowest BCUT2D eigenvalue weighted by Gasteiger charge is -2.19. The number of aliphatic carboxylic acids is 1. The quantitative estimate of drug-likeness (QED) is 0.311. The second-order valence-corrected chi connectivity index (χ2v) is 14.5. The largest absolute Gasteiger partial charge is 0.479 e. The van der Waals surface area contributed by atoms with Crippen molar-refractivity contribution in [2.24, 2.45) is 0 Å². The van der Waals surface area contributed by atoms with Crippen LogP contribution in [-0.4, -0.2) is 43.3 Å². The molecule has 0 radical (unpaired) electrons. The molecule has 0 aliphatic heterocycles. The molecule has 0 fully saturated rings. The average Bonchev–Trinajstić information content (AvgIpc) is 2.39. The first-order valence-electron chi connectivity index (χ1n) is 7.56. The third-order valence-corrected chi connectivity index (χ3v) is 6.23. The summed E-state index contributed by atoms with van der Waals surface area (Å²) in [4.78, 5) is 11.0. The molecule has 1 rings (SSSR count). The van der Waals surface area contributed by atoms with Gasteiger partial charge in [-0.15, -0.1) is 0 Å². The van der Waals surface area contributed by atoms with Crippen LogP contribution in [0, 0.1) is 0 Å². The third-order valence-electron chi connectivity index (χ3n) is 3.35. The van der Waals surface area contributed by atoms with E-state index in [1.54, 1.807) is 12.1 Å². The van der Waals surface area contributed by atoms with Crippen LogP contribution in [-0.2, 0) is 16.0 Å². The van der Waals surface area contributed by atoms with Gasteiger partial charge in [-0.25, -0.2) is 4.79 Å². The van der Waals surface area contributed by atoms with Crippen LogP contribution >= 0.6 is 31.9 Å². The maximum absolute atomic E-state index is 11.0. The van der Waals surface area contributed by atoms with Gasteiger partial charge in [0.25, 0.3) is 0 Å². The number of hydrogen-bond acceptors (Lipinski definition) is 4. The number of rotatable bonds is 9. The molecule has 8 heteroatoms. The predicted octanol–water partition coefficient (Wildman–Crippen LogP) is 4.28. The van der Waals surface area contributed by atoms with Crippen molar-refractivity contribution < 1.29 is 24.5 Å². The molecule has 1 aromatic carbocycles. The summed E-state index contributed by atoms with van der Waals surface area (Å²) in [5.41, 5.74) is -1.14. The zero-order valence-electron chi connectivity index (χ0n) is 14.4. The monoisotopic (exact) mass is 482 g/mol. The summed E-state index contributed by atoms with van der Waals surface area (Å²) < 4.78 is 12.5. The Morgan fingerprint density at radius 3 is 2.25 bits per heavy atom. The number of halogens is 2. The SMILES string of the molecule is CC(O)(Cc1cc(Br)c(OCOCC[Si](C)(C)C)c(Br)c1)C(=O)O. The highest BCUT2D eigenvalue weighted by atomic mass is 79.9. The van der Waals surface area contributed by atoms with Crippen LogP contribution in [0.4, 0.5) is 0 Å². The van der Waals surface area contributed by atoms with E-state index >= 15 is 0 Å². The highest BCUT2D eigenvalue weighted by Gasteiger charge is 2.30. The lowest BCUT2D eigenvalue weighted by atomic mass is 9.97. The predicted molar refractivity (Wildman–Crippen MR) is 103 cm³/mol. The van der Waals surface area contributed by atoms with Crippen molar-refractivity contribution in [3.63, 3.8) is 0 Å². The van der Waals surface area contributed by atoms with Gasteiger partial charge in [-0.1, -0.05) is 19.6 Å². The molecule has 0 spiro atoms. The van der Waals surface area contributed by atoms with E-state index in [2.05, 4.69) is 51.5 Å². The fourth-order valence-electron chi connectivity index (χ4n) is 1.86. The van der Waals surface area contributed by atoms with Crippen LogP contribution in [0.15, 0.2) is 21.1 Å². The van der Waals surface area contributed by atoms with Crippen molar-refractivity contribution in [3.8, 4) is 5.75 Å². The summed E-state index contributed by atoms with van der Waals surface area (Å²) in [7, 11) is -1.12. The molecule has 0 saturated heterocycles. The standard InChI is InChI=1S/C16H24Br2O5Si/c1-16(21,15(19)20)9-11-7-12(17)14(13(18)8-11)23-10-22-5-6-24(2,3)4/h7-8,21H,5-6,9-10H2,1-4H3,(H,19,20). The Bertz CT molecular complexity index is 561. The summed E-state index contributed by atoms with van der Waals surface area (Å²) in [5, 5.41) is 18.9. The minimum Gasteiger partial charge on any atom is -0.479 e. The zero-order chi connectivity index (χ0) is 18.5. The molecule has 0 bridgehead atoms. The van der Waals surface area contributed by atoms with Gasteiger partial charge in [-0.05, 0) is 62.5 Å². The van der Waals surface area contributed by atoms with Gasteiger partial charge in [0.05, 0.1) is 8.95 Å². The van der Waals surface area contributed by atoms with E-state index in [-0.39, 0.29) is 13.2 Å². The fourth-order valence-corrected chi connectivity index (χ4v) is 4.13. The maximum atomic E-state index is 11.0. The van der Waals surface area contributed by atoms with E-state index in [1.165, 1.54) is 6.92 Å². The molecule has 0 aliphatic carbocycles. The first-order valence-corrected chi connectivity index (χ1v) is 12.9. The molecule has 0 amide bonds. The van der Waals surface area contributed by atoms with Crippen molar-refractivity contribution in [1.82, 2.24) is 0 Å². The lowest BCUT2D eigenvalue weighted by molar-refractivity contribution is -0.156. The van der Waals surface area contributed by atoms with Crippen molar-refractivity contribution in [2.75, 3.05) is 13.4 Å². The van der Waals surface area contributed by atoms with Crippen molar-refractivity contribution in [3.05, 3.63) is 26.6 Å². The second-order valence-electron chi connectivity index (χ2n) is 7.13. The van der Waals surface area contributed by atoms with Gasteiger partial charge in [-0.3, -0.25) is 0 Å². The van der Waals surface area contributed by atoms with Gasteiger partial charge in [0.2, 0.25) is 0 Å². The molecule has 0 aromatic heterocycles. The minimum atomic E-state index is -1.82. The third kappa shape index (κ3) is 7.22. The normalized spacial score (nSPS) is 14.3. The highest BCUT2D eigenvalue weighted by Crippen LogP contribution is 2.35. The number of benzene rings is 1. The summed E-state index contributed by atoms with van der Waals surface area (Å²) in [6.45, 7) is 8.95. The van der Waals surface area contributed by atoms with Crippen molar-refractivity contribution in [1.29, 1.82) is 0 Å². The number of ether oxygens (including phenoxy) is 2. The van der Waals surface area contributed by atoms with E-state index in [4.69, 9.17) is 14.6 Å². The lowest BCUT2D eigenvalue weighted by Crippen LogP contribution is -2.37. The van der Waals surface area contributed by atoms with Gasteiger partial charge < -0.3 is 19.7 Å². The average molecular weight is 484 g/mol. The fraction of sp³-hybridized carbons (Fsp3) is 0.562. The number of hydrogen-bond donors (Lipinski definition) is 2. The van der Waals surface area contributed by atoms with E-state index in [0.717, 1.165) is 6.04 Å². The van der Waals surface area contributed by atoms with Crippen molar-refractivity contribution >= 4 is 45.9 Å². The van der Waals surface area contributed by atoms with Crippen LogP contribution < -0.4 is 4.74 Å². The summed E-state index contributed by atoms with van der Waals surface area (Å²) in [6, 6.07) is 4.54. The second kappa shape index (κ2) is 8.80. The first kappa shape index (κ1) is 21.6. The van der Waals surface area contributed by atoms with Gasteiger partial charge in [0.15, 0.2) is 18.1 Å². The van der Waals surface area contributed by atoms with Gasteiger partial charge in [-0.2, -0.15) is 0 Å². The number of carboxylic acid groups (broad SMARTS) is 1. The Hall–Kier alpha value is -0.413. The van der Waals surface area contributed by atoms with Crippen LogP contribution in [0.2, 0.25) is 25.7 Å². The molecule has 1 unspecified atom stereocenters. The Balaban J connectivity index is 2.66. The van der Waals surface area contributed by atoms with Gasteiger partial charge >= 0.3 is 5.97 Å². The summed E-state index contributed by atoms with van der Waals surface area (Å²) in [6.07, 6.45) is -0.00742. The molecule has 2 N–H and O–H groups in total. The number of aliphatic hydroxyl groups is 1. The minimum absolute atomic E-state index is 0.00742. The van der Waals surface area contributed by atoms with Crippen LogP contribution in [0.3, 0.4) is 0 Å². The Morgan fingerprint density at radius 1 is 1.25 bits per heavy atom. The summed E-state index contributed by atoms with van der Waals surface area (Å²) in [5.74, 6) is -0.674. The van der Waals surface area contributed by atoms with Crippen LogP contribution in [0.25, 0.3) is 0 Å². The highest BCUT2D eigenvalue weighted by molar-refractivity contribution is 9.11.